The quantitative estimate of drug-likeness (QED) is 0.529. The number of alkyl halides is 4. The van der Waals surface area contributed by atoms with Crippen molar-refractivity contribution in [3.8, 4) is 0 Å². The maximum absolute atomic E-state index is 14.3. The third-order valence-electron chi connectivity index (χ3n) is 4.19. The molecule has 1 aromatic heterocycles. The second-order valence-corrected chi connectivity index (χ2v) is 7.03. The van der Waals surface area contributed by atoms with E-state index in [9.17, 15) is 26.7 Å². The Morgan fingerprint density at radius 2 is 1.93 bits per heavy atom. The van der Waals surface area contributed by atoms with E-state index >= 15 is 0 Å². The van der Waals surface area contributed by atoms with Crippen LogP contribution in [0.5, 0.6) is 0 Å². The molecule has 154 valence electrons. The van der Waals surface area contributed by atoms with Crippen LogP contribution in [0, 0.1) is 5.82 Å². The predicted octanol–water partition coefficient (Wildman–Crippen LogP) is 4.29. The summed E-state index contributed by atoms with van der Waals surface area (Å²) in [5, 5.41) is 2.09. The van der Waals surface area contributed by atoms with Gasteiger partial charge in [-0.25, -0.2) is 18.8 Å². The van der Waals surface area contributed by atoms with Crippen molar-refractivity contribution in [2.45, 2.75) is 24.2 Å². The van der Waals surface area contributed by atoms with Crippen LogP contribution in [0.3, 0.4) is 0 Å². The van der Waals surface area contributed by atoms with Crippen molar-refractivity contribution < 1.29 is 31.5 Å². The molecule has 0 saturated carbocycles. The van der Waals surface area contributed by atoms with Gasteiger partial charge in [-0.05, 0) is 40.2 Å². The van der Waals surface area contributed by atoms with Gasteiger partial charge in [-0.3, -0.25) is 10.1 Å². The molecule has 3 rings (SSSR count). The number of rotatable bonds is 3. The maximum Gasteiger partial charge on any atom is 0.425 e. The lowest BCUT2D eigenvalue weighted by Gasteiger charge is -2.36. The molecule has 0 fully saturated rings. The number of amidine groups is 1. The molecule has 0 saturated heterocycles. The summed E-state index contributed by atoms with van der Waals surface area (Å²) in [5.74, 6) is -1.85. The first-order valence-corrected chi connectivity index (χ1v) is 9.02. The Hall–Kier alpha value is -2.56. The first-order valence-electron chi connectivity index (χ1n) is 8.23. The van der Waals surface area contributed by atoms with Crippen LogP contribution in [0.4, 0.5) is 22.0 Å². The highest BCUT2D eigenvalue weighted by atomic mass is 79.9. The Labute approximate surface area is 170 Å². The Morgan fingerprint density at radius 3 is 2.55 bits per heavy atom. The molecular formula is C18H13BrF5N3O2. The third-order valence-corrected chi connectivity index (χ3v) is 4.63. The van der Waals surface area contributed by atoms with Crippen LogP contribution in [0.2, 0.25) is 0 Å². The zero-order chi connectivity index (χ0) is 21.2. The highest BCUT2D eigenvalue weighted by Gasteiger charge is 2.53. The number of pyridine rings is 1. The Morgan fingerprint density at radius 1 is 1.24 bits per heavy atom. The number of nitrogens with one attached hydrogen (secondary N) is 1. The number of carbonyl (C=O) groups is 1. The lowest BCUT2D eigenvalue weighted by Crippen LogP contribution is -2.50. The van der Waals surface area contributed by atoms with Gasteiger partial charge in [0.15, 0.2) is 6.10 Å². The maximum atomic E-state index is 14.3. The normalized spacial score (nSPS) is 21.9. The van der Waals surface area contributed by atoms with E-state index in [1.807, 2.05) is 0 Å². The minimum Gasteiger partial charge on any atom is -0.452 e. The van der Waals surface area contributed by atoms with Gasteiger partial charge in [0.05, 0.1) is 0 Å². The van der Waals surface area contributed by atoms with Crippen LogP contribution in [-0.2, 0) is 10.3 Å². The van der Waals surface area contributed by atoms with Crippen LogP contribution < -0.4 is 5.32 Å². The Kier molecular flexibility index (Phi) is 5.87. The monoisotopic (exact) mass is 477 g/mol. The summed E-state index contributed by atoms with van der Waals surface area (Å²) >= 11 is 2.98. The zero-order valence-electron chi connectivity index (χ0n) is 14.5. The largest absolute Gasteiger partial charge is 0.452 e. The summed E-state index contributed by atoms with van der Waals surface area (Å²) in [5.41, 5.74) is -2.84. The average molecular weight is 478 g/mol. The van der Waals surface area contributed by atoms with Gasteiger partial charge in [0.2, 0.25) is 0 Å². The number of aromatic nitrogens is 1. The van der Waals surface area contributed by atoms with Crippen molar-refractivity contribution in [3.05, 3.63) is 64.1 Å². The van der Waals surface area contributed by atoms with Gasteiger partial charge in [0, 0.05) is 12.0 Å². The summed E-state index contributed by atoms with van der Waals surface area (Å²) in [4.78, 5) is 19.9. The van der Waals surface area contributed by atoms with E-state index < -0.39 is 54.4 Å². The topological polar surface area (TPSA) is 63.6 Å². The van der Waals surface area contributed by atoms with E-state index in [0.29, 0.717) is 0 Å². The average Bonchev–Trinajstić information content (AvgIpc) is 2.69. The standard InChI is InChI=1S/C18H13BrF5N3O2/c19-13-7-6-11(21)14(25-13)17(9-20)8-12(18(22,23)24)29-16(27-17)26-15(28)10-4-2-1-3-5-10/h1-7,12H,8-9H2,(H,26,27,28). The fourth-order valence-corrected chi connectivity index (χ4v) is 3.10. The number of carbonyl (C=O) groups excluding carboxylic acids is 1. The fourth-order valence-electron chi connectivity index (χ4n) is 2.79. The van der Waals surface area contributed by atoms with Gasteiger partial charge < -0.3 is 4.74 Å². The highest BCUT2D eigenvalue weighted by molar-refractivity contribution is 9.10. The number of ether oxygens (including phenoxy) is 1. The summed E-state index contributed by atoms with van der Waals surface area (Å²) < 4.78 is 73.5. The number of benzene rings is 1. The molecule has 2 aromatic rings. The van der Waals surface area contributed by atoms with Gasteiger partial charge in [-0.15, -0.1) is 0 Å². The van der Waals surface area contributed by atoms with E-state index in [1.165, 1.54) is 18.2 Å². The minimum atomic E-state index is -4.92. The molecule has 0 spiro atoms. The Balaban J connectivity index is 2.05. The molecule has 1 amide bonds. The molecule has 1 N–H and O–H groups in total. The molecule has 29 heavy (non-hydrogen) atoms. The lowest BCUT2D eigenvalue weighted by molar-refractivity contribution is -0.209. The summed E-state index contributed by atoms with van der Waals surface area (Å²) in [6, 6.07) is 8.84. The minimum absolute atomic E-state index is 0.0850. The first kappa shape index (κ1) is 21.2. The van der Waals surface area contributed by atoms with Crippen LogP contribution in [-0.4, -0.2) is 35.9 Å². The molecule has 11 heteroatoms. The summed E-state index contributed by atoms with van der Waals surface area (Å²) in [7, 11) is 0. The fraction of sp³-hybridized carbons (Fsp3) is 0.278. The van der Waals surface area contributed by atoms with Crippen molar-refractivity contribution in [1.82, 2.24) is 10.3 Å². The number of hydrogen-bond donors (Lipinski definition) is 1. The molecule has 0 radical (unpaired) electrons. The van der Waals surface area contributed by atoms with Gasteiger partial charge in [0.1, 0.15) is 28.3 Å². The number of halogens is 6. The third kappa shape index (κ3) is 4.55. The van der Waals surface area contributed by atoms with Crippen LogP contribution in [0.15, 0.2) is 52.1 Å². The van der Waals surface area contributed by atoms with E-state index in [0.717, 1.165) is 6.07 Å². The molecule has 2 unspecified atom stereocenters. The molecule has 2 atom stereocenters. The van der Waals surface area contributed by atoms with E-state index in [4.69, 9.17) is 4.74 Å². The van der Waals surface area contributed by atoms with Crippen molar-refractivity contribution >= 4 is 27.9 Å². The molecule has 0 bridgehead atoms. The van der Waals surface area contributed by atoms with Crippen molar-refractivity contribution in [2.75, 3.05) is 6.67 Å². The van der Waals surface area contributed by atoms with Gasteiger partial charge >= 0.3 is 6.18 Å². The molecule has 1 aliphatic heterocycles. The SMILES string of the molecule is O=C(NC1=NC(CF)(c2nc(Br)ccc2F)CC(C(F)(F)F)O1)c1ccccc1. The smallest absolute Gasteiger partial charge is 0.425 e. The second-order valence-electron chi connectivity index (χ2n) is 6.22. The van der Waals surface area contributed by atoms with Gasteiger partial charge in [-0.1, -0.05) is 18.2 Å². The molecular weight excluding hydrogens is 465 g/mol. The van der Waals surface area contributed by atoms with E-state index in [-0.39, 0.29) is 10.2 Å². The molecule has 2 heterocycles. The van der Waals surface area contributed by atoms with Crippen LogP contribution >= 0.6 is 15.9 Å². The zero-order valence-corrected chi connectivity index (χ0v) is 16.1. The van der Waals surface area contributed by atoms with Crippen LogP contribution in [0.25, 0.3) is 0 Å². The number of aliphatic imine (C=N–C) groups is 1. The van der Waals surface area contributed by atoms with Crippen molar-refractivity contribution in [1.29, 1.82) is 0 Å². The van der Waals surface area contributed by atoms with Gasteiger partial charge in [-0.2, -0.15) is 13.2 Å². The molecule has 5 nitrogen and oxygen atoms in total. The second kappa shape index (κ2) is 8.05. The molecule has 1 aliphatic rings. The summed E-state index contributed by atoms with van der Waals surface area (Å²) in [6.45, 7) is -1.49. The summed E-state index contributed by atoms with van der Waals surface area (Å²) in [6.07, 6.45) is -8.48. The first-order chi connectivity index (χ1) is 13.6. The Bertz CT molecular complexity index is 939. The highest BCUT2D eigenvalue weighted by Crippen LogP contribution is 2.41. The molecule has 0 aliphatic carbocycles. The van der Waals surface area contributed by atoms with Crippen molar-refractivity contribution in [2.24, 2.45) is 4.99 Å². The van der Waals surface area contributed by atoms with E-state index in [1.54, 1.807) is 18.2 Å². The lowest BCUT2D eigenvalue weighted by atomic mass is 9.88. The van der Waals surface area contributed by atoms with Crippen LogP contribution in [0.1, 0.15) is 22.5 Å². The van der Waals surface area contributed by atoms with Gasteiger partial charge in [0.25, 0.3) is 11.9 Å². The molecule has 1 aromatic carbocycles. The number of nitrogens with zero attached hydrogens (tertiary/aromatic N) is 2. The van der Waals surface area contributed by atoms with Crippen molar-refractivity contribution in [3.63, 3.8) is 0 Å². The number of hydrogen-bond acceptors (Lipinski definition) is 4. The predicted molar refractivity (Wildman–Crippen MR) is 96.4 cm³/mol. The van der Waals surface area contributed by atoms with E-state index in [2.05, 4.69) is 31.2 Å². The number of amides is 1.